The van der Waals surface area contributed by atoms with Gasteiger partial charge in [0.25, 0.3) is 5.91 Å². The largest absolute Gasteiger partial charge is 0.383 e. The summed E-state index contributed by atoms with van der Waals surface area (Å²) in [4.78, 5) is 16.2. The van der Waals surface area contributed by atoms with E-state index in [-0.39, 0.29) is 5.91 Å². The third-order valence-electron chi connectivity index (χ3n) is 3.41. The first-order valence-corrected chi connectivity index (χ1v) is 7.79. The van der Waals surface area contributed by atoms with Gasteiger partial charge < -0.3 is 15.4 Å². The minimum atomic E-state index is -0.0963. The Morgan fingerprint density at radius 1 is 1.17 bits per heavy atom. The minimum Gasteiger partial charge on any atom is -0.383 e. The van der Waals surface area contributed by atoms with Crippen LogP contribution in [0.2, 0.25) is 0 Å². The van der Waals surface area contributed by atoms with E-state index in [0.29, 0.717) is 25.3 Å². The first kappa shape index (κ1) is 17.0. The molecular formula is C18H23N3O2. The van der Waals surface area contributed by atoms with Gasteiger partial charge in [-0.3, -0.25) is 9.78 Å². The van der Waals surface area contributed by atoms with Gasteiger partial charge >= 0.3 is 0 Å². The number of rotatable bonds is 9. The molecule has 5 nitrogen and oxygen atoms in total. The molecule has 0 radical (unpaired) electrons. The number of nitrogens with zero attached hydrogens (tertiary/aromatic N) is 1. The molecule has 1 aromatic heterocycles. The van der Waals surface area contributed by atoms with Crippen molar-refractivity contribution in [3.8, 4) is 0 Å². The summed E-state index contributed by atoms with van der Waals surface area (Å²) in [5.74, 6) is -0.0963. The average Bonchev–Trinajstić information content (AvgIpc) is 2.60. The molecule has 1 amide bonds. The highest BCUT2D eigenvalue weighted by atomic mass is 16.5. The molecular weight excluding hydrogens is 290 g/mol. The number of hydrogen-bond acceptors (Lipinski definition) is 4. The summed E-state index contributed by atoms with van der Waals surface area (Å²) in [6.45, 7) is 1.94. The van der Waals surface area contributed by atoms with Crippen LogP contribution in [0.25, 0.3) is 0 Å². The van der Waals surface area contributed by atoms with E-state index in [0.717, 1.165) is 18.5 Å². The summed E-state index contributed by atoms with van der Waals surface area (Å²) < 4.78 is 4.98. The molecule has 2 aromatic rings. The molecule has 2 rings (SSSR count). The van der Waals surface area contributed by atoms with Crippen molar-refractivity contribution >= 4 is 11.6 Å². The van der Waals surface area contributed by atoms with E-state index in [1.807, 2.05) is 18.2 Å². The average molecular weight is 313 g/mol. The molecule has 0 aliphatic heterocycles. The molecule has 1 heterocycles. The molecule has 122 valence electrons. The summed E-state index contributed by atoms with van der Waals surface area (Å²) in [7, 11) is 1.65. The van der Waals surface area contributed by atoms with Gasteiger partial charge in [-0.2, -0.15) is 0 Å². The maximum Gasteiger partial charge on any atom is 0.252 e. The van der Waals surface area contributed by atoms with Gasteiger partial charge in [-0.1, -0.05) is 30.3 Å². The number of hydrogen-bond donors (Lipinski definition) is 2. The first-order chi connectivity index (χ1) is 11.3. The fourth-order valence-corrected chi connectivity index (χ4v) is 2.20. The lowest BCUT2D eigenvalue weighted by molar-refractivity contribution is 0.0953. The molecule has 0 saturated heterocycles. The highest BCUT2D eigenvalue weighted by Crippen LogP contribution is 2.08. The number of pyridine rings is 1. The lowest BCUT2D eigenvalue weighted by Gasteiger charge is -2.08. The molecule has 2 N–H and O–H groups in total. The van der Waals surface area contributed by atoms with E-state index in [1.165, 1.54) is 5.56 Å². The van der Waals surface area contributed by atoms with Gasteiger partial charge in [0.1, 0.15) is 0 Å². The molecule has 0 spiro atoms. The molecule has 0 saturated carbocycles. The van der Waals surface area contributed by atoms with Gasteiger partial charge in [-0.15, -0.1) is 0 Å². The van der Waals surface area contributed by atoms with Gasteiger partial charge in [0.05, 0.1) is 17.9 Å². The fraction of sp³-hybridized carbons (Fsp3) is 0.333. The highest BCUT2D eigenvalue weighted by Gasteiger charge is 2.06. The Morgan fingerprint density at radius 3 is 2.78 bits per heavy atom. The van der Waals surface area contributed by atoms with E-state index < -0.39 is 0 Å². The number of methoxy groups -OCH3 is 1. The normalized spacial score (nSPS) is 10.3. The fourth-order valence-electron chi connectivity index (χ4n) is 2.20. The molecule has 0 fully saturated rings. The van der Waals surface area contributed by atoms with E-state index in [4.69, 9.17) is 4.74 Å². The van der Waals surface area contributed by atoms with Crippen LogP contribution in [0.3, 0.4) is 0 Å². The number of nitrogens with one attached hydrogen (secondary N) is 2. The zero-order valence-electron chi connectivity index (χ0n) is 13.4. The van der Waals surface area contributed by atoms with Crippen LogP contribution in [-0.4, -0.2) is 37.7 Å². The number of benzene rings is 1. The standard InChI is InChI=1S/C18H23N3O2/c1-23-11-10-20-17-12-16(13-19-14-17)18(22)21-9-5-8-15-6-3-2-4-7-15/h2-4,6-7,12-14,20H,5,8-11H2,1H3,(H,21,22). The smallest absolute Gasteiger partial charge is 0.252 e. The van der Waals surface area contributed by atoms with Crippen molar-refractivity contribution < 1.29 is 9.53 Å². The van der Waals surface area contributed by atoms with Gasteiger partial charge in [0.15, 0.2) is 0 Å². The number of ether oxygens (including phenoxy) is 1. The van der Waals surface area contributed by atoms with Crippen LogP contribution in [0.1, 0.15) is 22.3 Å². The molecule has 0 aliphatic rings. The molecule has 1 aromatic carbocycles. The van der Waals surface area contributed by atoms with Crippen LogP contribution in [0.5, 0.6) is 0 Å². The van der Waals surface area contributed by atoms with E-state index in [9.17, 15) is 4.79 Å². The quantitative estimate of drug-likeness (QED) is 0.698. The maximum absolute atomic E-state index is 12.1. The van der Waals surface area contributed by atoms with Crippen molar-refractivity contribution in [2.24, 2.45) is 0 Å². The number of carbonyl (C=O) groups excluding carboxylic acids is 1. The number of amides is 1. The minimum absolute atomic E-state index is 0.0963. The Balaban J connectivity index is 1.75. The van der Waals surface area contributed by atoms with Crippen LogP contribution in [0, 0.1) is 0 Å². The second kappa shape index (κ2) is 9.58. The number of aryl methyl sites for hydroxylation is 1. The van der Waals surface area contributed by atoms with Crippen molar-refractivity contribution in [1.29, 1.82) is 0 Å². The van der Waals surface area contributed by atoms with Gasteiger partial charge in [-0.25, -0.2) is 0 Å². The molecule has 0 aliphatic carbocycles. The second-order valence-electron chi connectivity index (χ2n) is 5.23. The number of anilines is 1. The van der Waals surface area contributed by atoms with Gasteiger partial charge in [0.2, 0.25) is 0 Å². The zero-order valence-corrected chi connectivity index (χ0v) is 13.4. The van der Waals surface area contributed by atoms with Crippen LogP contribution < -0.4 is 10.6 Å². The lowest BCUT2D eigenvalue weighted by atomic mass is 10.1. The summed E-state index contributed by atoms with van der Waals surface area (Å²) in [5, 5.41) is 6.09. The van der Waals surface area contributed by atoms with Crippen LogP contribution >= 0.6 is 0 Å². The maximum atomic E-state index is 12.1. The summed E-state index contributed by atoms with van der Waals surface area (Å²) in [5.41, 5.74) is 2.67. The highest BCUT2D eigenvalue weighted by molar-refractivity contribution is 5.94. The van der Waals surface area contributed by atoms with E-state index in [2.05, 4.69) is 27.8 Å². The Hall–Kier alpha value is -2.40. The van der Waals surface area contributed by atoms with Crippen molar-refractivity contribution in [3.63, 3.8) is 0 Å². The number of aromatic nitrogens is 1. The summed E-state index contributed by atoms with van der Waals surface area (Å²) >= 11 is 0. The van der Waals surface area contributed by atoms with Crippen molar-refractivity contribution in [2.45, 2.75) is 12.8 Å². The van der Waals surface area contributed by atoms with Crippen molar-refractivity contribution in [1.82, 2.24) is 10.3 Å². The molecule has 0 unspecified atom stereocenters. The van der Waals surface area contributed by atoms with Crippen molar-refractivity contribution in [3.05, 3.63) is 59.9 Å². The van der Waals surface area contributed by atoms with E-state index >= 15 is 0 Å². The molecule has 0 bridgehead atoms. The Labute approximate surface area is 137 Å². The molecule has 23 heavy (non-hydrogen) atoms. The topological polar surface area (TPSA) is 63.2 Å². The summed E-state index contributed by atoms with van der Waals surface area (Å²) in [6.07, 6.45) is 5.14. The molecule has 5 heteroatoms. The van der Waals surface area contributed by atoms with Crippen LogP contribution in [0.15, 0.2) is 48.8 Å². The van der Waals surface area contributed by atoms with Gasteiger partial charge in [0, 0.05) is 32.6 Å². The Morgan fingerprint density at radius 2 is 2.00 bits per heavy atom. The second-order valence-corrected chi connectivity index (χ2v) is 5.23. The third kappa shape index (κ3) is 6.08. The van der Waals surface area contributed by atoms with E-state index in [1.54, 1.807) is 25.6 Å². The Bertz CT molecular complexity index is 602. The monoisotopic (exact) mass is 313 g/mol. The Kier molecular flexibility index (Phi) is 7.07. The molecule has 0 atom stereocenters. The lowest BCUT2D eigenvalue weighted by Crippen LogP contribution is -2.25. The predicted molar refractivity (Wildman–Crippen MR) is 91.7 cm³/mol. The van der Waals surface area contributed by atoms with Crippen LogP contribution in [-0.2, 0) is 11.2 Å². The van der Waals surface area contributed by atoms with Gasteiger partial charge in [-0.05, 0) is 24.5 Å². The third-order valence-corrected chi connectivity index (χ3v) is 3.41. The number of carbonyl (C=O) groups is 1. The zero-order chi connectivity index (χ0) is 16.3. The first-order valence-electron chi connectivity index (χ1n) is 7.79. The summed E-state index contributed by atoms with van der Waals surface area (Å²) in [6, 6.07) is 12.1. The SMILES string of the molecule is COCCNc1cncc(C(=O)NCCCc2ccccc2)c1. The van der Waals surface area contributed by atoms with Crippen LogP contribution in [0.4, 0.5) is 5.69 Å². The predicted octanol–water partition coefficient (Wildman–Crippen LogP) is 2.50. The van der Waals surface area contributed by atoms with Crippen molar-refractivity contribution in [2.75, 3.05) is 32.1 Å².